The lowest BCUT2D eigenvalue weighted by atomic mass is 10.3. The van der Waals surface area contributed by atoms with Gasteiger partial charge in [-0.15, -0.1) is 0 Å². The summed E-state index contributed by atoms with van der Waals surface area (Å²) in [6.45, 7) is 10.8. The molecule has 1 atom stereocenters. The number of β-amino-alcohol motifs (C(OH)–C–C–N with tert-alkyl or cyclic N) is 1. The molecule has 0 bridgehead atoms. The van der Waals surface area contributed by atoms with Gasteiger partial charge in [0.1, 0.15) is 0 Å². The molecule has 0 aliphatic carbocycles. The van der Waals surface area contributed by atoms with Crippen molar-refractivity contribution in [2.45, 2.75) is 47.1 Å². The number of carbonyl (C=O) groups is 1. The Balaban J connectivity index is 0. The second-order valence-corrected chi connectivity index (χ2v) is 2.41. The molecule has 1 unspecified atom stereocenters. The molecule has 3 nitrogen and oxygen atoms in total. The average Bonchev–Trinajstić information content (AvgIpc) is 2.59. The molecule has 0 aromatic heterocycles. The summed E-state index contributed by atoms with van der Waals surface area (Å²) in [6.07, 6.45) is 0.452. The van der Waals surface area contributed by atoms with Crippen molar-refractivity contribution in [1.29, 1.82) is 0 Å². The summed E-state index contributed by atoms with van der Waals surface area (Å²) in [6, 6.07) is 0. The third-order valence-electron chi connectivity index (χ3n) is 1.61. The summed E-state index contributed by atoms with van der Waals surface area (Å²) < 4.78 is 0. The number of amides is 1. The van der Waals surface area contributed by atoms with Crippen molar-refractivity contribution in [2.75, 3.05) is 13.1 Å². The smallest absolute Gasteiger partial charge is 0.219 e. The molecule has 1 aliphatic heterocycles. The zero-order valence-electron chi connectivity index (χ0n) is 9.50. The lowest BCUT2D eigenvalue weighted by molar-refractivity contribution is -0.128. The van der Waals surface area contributed by atoms with Crippen molar-refractivity contribution >= 4 is 5.91 Å². The van der Waals surface area contributed by atoms with Gasteiger partial charge < -0.3 is 10.0 Å². The summed E-state index contributed by atoms with van der Waals surface area (Å²) in [5.74, 6) is 0.0616. The van der Waals surface area contributed by atoms with Gasteiger partial charge in [-0.3, -0.25) is 4.79 Å². The lowest BCUT2D eigenvalue weighted by Crippen LogP contribution is -2.26. The van der Waals surface area contributed by atoms with Crippen LogP contribution in [0.25, 0.3) is 0 Å². The second kappa shape index (κ2) is 9.52. The molecule has 0 spiro atoms. The molecule has 1 rings (SSSR count). The van der Waals surface area contributed by atoms with Gasteiger partial charge >= 0.3 is 0 Å². The van der Waals surface area contributed by atoms with Gasteiger partial charge in [-0.1, -0.05) is 27.7 Å². The average molecular weight is 189 g/mol. The topological polar surface area (TPSA) is 40.5 Å². The van der Waals surface area contributed by atoms with Crippen LogP contribution < -0.4 is 0 Å². The molecular weight excluding hydrogens is 166 g/mol. The number of aliphatic hydroxyl groups is 1. The first-order chi connectivity index (χ1) is 6.20. The van der Waals surface area contributed by atoms with Crippen LogP contribution in [-0.2, 0) is 4.79 Å². The molecule has 0 aromatic rings. The normalized spacial score (nSPS) is 19.5. The van der Waals surface area contributed by atoms with E-state index in [2.05, 4.69) is 0 Å². The van der Waals surface area contributed by atoms with E-state index in [1.807, 2.05) is 27.7 Å². The van der Waals surface area contributed by atoms with E-state index in [-0.39, 0.29) is 12.0 Å². The number of aliphatic hydroxyl groups excluding tert-OH is 1. The highest BCUT2D eigenvalue weighted by Crippen LogP contribution is 2.07. The van der Waals surface area contributed by atoms with E-state index in [9.17, 15) is 4.79 Å². The molecule has 1 heterocycles. The number of hydrogen-bond donors (Lipinski definition) is 1. The van der Waals surface area contributed by atoms with E-state index in [0.29, 0.717) is 6.54 Å². The maximum Gasteiger partial charge on any atom is 0.219 e. The van der Waals surface area contributed by atoms with Crippen molar-refractivity contribution in [3.8, 4) is 0 Å². The summed E-state index contributed by atoms with van der Waals surface area (Å²) in [5.41, 5.74) is 0. The summed E-state index contributed by atoms with van der Waals surface area (Å²) in [7, 11) is 0. The Morgan fingerprint density at radius 2 is 1.77 bits per heavy atom. The zero-order chi connectivity index (χ0) is 10.9. The summed E-state index contributed by atoms with van der Waals surface area (Å²) >= 11 is 0. The van der Waals surface area contributed by atoms with Crippen LogP contribution in [0.1, 0.15) is 41.0 Å². The Hall–Kier alpha value is -0.570. The SMILES string of the molecule is CC.CC.CC(=O)N1CCC(O)C1. The molecule has 1 aliphatic rings. The molecular formula is C10H23NO2. The van der Waals surface area contributed by atoms with Crippen molar-refractivity contribution < 1.29 is 9.90 Å². The molecule has 3 heteroatoms. The van der Waals surface area contributed by atoms with Gasteiger partial charge in [0, 0.05) is 20.0 Å². The van der Waals surface area contributed by atoms with Gasteiger partial charge in [0.25, 0.3) is 0 Å². The highest BCUT2D eigenvalue weighted by atomic mass is 16.3. The zero-order valence-corrected chi connectivity index (χ0v) is 9.50. The van der Waals surface area contributed by atoms with Crippen molar-refractivity contribution in [1.82, 2.24) is 4.90 Å². The maximum atomic E-state index is 10.6. The summed E-state index contributed by atoms with van der Waals surface area (Å²) in [5, 5.41) is 8.95. The van der Waals surface area contributed by atoms with Gasteiger partial charge in [-0.05, 0) is 6.42 Å². The number of hydrogen-bond acceptors (Lipinski definition) is 2. The summed E-state index contributed by atoms with van der Waals surface area (Å²) in [4.78, 5) is 12.3. The lowest BCUT2D eigenvalue weighted by Gasteiger charge is -2.10. The molecule has 1 amide bonds. The van der Waals surface area contributed by atoms with Crippen molar-refractivity contribution in [3.63, 3.8) is 0 Å². The van der Waals surface area contributed by atoms with Crippen LogP contribution in [0, 0.1) is 0 Å². The van der Waals surface area contributed by atoms with Crippen molar-refractivity contribution in [2.24, 2.45) is 0 Å². The largest absolute Gasteiger partial charge is 0.391 e. The van der Waals surface area contributed by atoms with Crippen molar-refractivity contribution in [3.05, 3.63) is 0 Å². The third kappa shape index (κ3) is 6.58. The molecule has 1 saturated heterocycles. The predicted octanol–water partition coefficient (Wildman–Crippen LogP) is 1.65. The van der Waals surface area contributed by atoms with E-state index in [4.69, 9.17) is 5.11 Å². The maximum absolute atomic E-state index is 10.6. The minimum atomic E-state index is -0.283. The predicted molar refractivity (Wildman–Crippen MR) is 55.6 cm³/mol. The minimum Gasteiger partial charge on any atom is -0.391 e. The van der Waals surface area contributed by atoms with Gasteiger partial charge in [0.05, 0.1) is 6.10 Å². The molecule has 0 radical (unpaired) electrons. The highest BCUT2D eigenvalue weighted by molar-refractivity contribution is 5.73. The van der Waals surface area contributed by atoms with Gasteiger partial charge in [-0.25, -0.2) is 0 Å². The Kier molecular flexibility index (Phi) is 10.9. The second-order valence-electron chi connectivity index (χ2n) is 2.41. The molecule has 0 aromatic carbocycles. The van der Waals surface area contributed by atoms with Crippen LogP contribution in [0.15, 0.2) is 0 Å². The Morgan fingerprint density at radius 3 is 1.92 bits per heavy atom. The van der Waals surface area contributed by atoms with Crippen LogP contribution in [0.3, 0.4) is 0 Å². The third-order valence-corrected chi connectivity index (χ3v) is 1.61. The quantitative estimate of drug-likeness (QED) is 0.629. The van der Waals surface area contributed by atoms with Crippen LogP contribution in [0.2, 0.25) is 0 Å². The Labute approximate surface area is 81.7 Å². The molecule has 0 saturated carbocycles. The standard InChI is InChI=1S/C6H11NO2.2C2H6/c1-5(8)7-3-2-6(9)4-7;2*1-2/h6,9H,2-4H2,1H3;2*1-2H3. The van der Waals surface area contributed by atoms with Crippen LogP contribution >= 0.6 is 0 Å². The van der Waals surface area contributed by atoms with Gasteiger partial charge in [-0.2, -0.15) is 0 Å². The molecule has 1 fully saturated rings. The molecule has 80 valence electrons. The monoisotopic (exact) mass is 189 g/mol. The van der Waals surface area contributed by atoms with Crippen LogP contribution in [0.5, 0.6) is 0 Å². The van der Waals surface area contributed by atoms with Gasteiger partial charge in [0.15, 0.2) is 0 Å². The minimum absolute atomic E-state index is 0.0616. The molecule has 1 N–H and O–H groups in total. The fraction of sp³-hybridized carbons (Fsp3) is 0.900. The first kappa shape index (κ1) is 14.9. The fourth-order valence-electron chi connectivity index (χ4n) is 1.03. The number of nitrogens with zero attached hydrogens (tertiary/aromatic N) is 1. The highest BCUT2D eigenvalue weighted by Gasteiger charge is 2.21. The van der Waals surface area contributed by atoms with E-state index in [1.54, 1.807) is 4.90 Å². The van der Waals surface area contributed by atoms with E-state index >= 15 is 0 Å². The number of rotatable bonds is 0. The Bertz CT molecular complexity index is 126. The van der Waals surface area contributed by atoms with Crippen LogP contribution in [0.4, 0.5) is 0 Å². The Morgan fingerprint density at radius 1 is 1.31 bits per heavy atom. The first-order valence-electron chi connectivity index (χ1n) is 5.13. The van der Waals surface area contributed by atoms with Gasteiger partial charge in [0.2, 0.25) is 5.91 Å². The fourth-order valence-corrected chi connectivity index (χ4v) is 1.03. The number of likely N-dealkylation sites (tertiary alicyclic amines) is 1. The number of carbonyl (C=O) groups excluding carboxylic acids is 1. The first-order valence-corrected chi connectivity index (χ1v) is 5.13. The van der Waals surface area contributed by atoms with E-state index in [1.165, 1.54) is 6.92 Å². The van der Waals surface area contributed by atoms with Crippen LogP contribution in [-0.4, -0.2) is 35.1 Å². The van der Waals surface area contributed by atoms with E-state index in [0.717, 1.165) is 13.0 Å². The molecule has 13 heavy (non-hydrogen) atoms. The van der Waals surface area contributed by atoms with E-state index < -0.39 is 0 Å².